The van der Waals surface area contributed by atoms with Gasteiger partial charge in [0.2, 0.25) is 11.8 Å². The van der Waals surface area contributed by atoms with Crippen molar-refractivity contribution >= 4 is 17.6 Å². The Kier molecular flexibility index (Phi) is 5.15. The Morgan fingerprint density at radius 2 is 2.04 bits per heavy atom. The molecule has 6 heteroatoms. The SMILES string of the molecule is C[C@@H]1OCC(=O)[C@H]1NC(=O)[CH]C[C@](C)(C(N)=O)c1ccccc1. The van der Waals surface area contributed by atoms with Crippen LogP contribution in [0.3, 0.4) is 0 Å². The zero-order valence-electron chi connectivity index (χ0n) is 13.2. The Morgan fingerprint density at radius 3 is 2.57 bits per heavy atom. The molecule has 1 aromatic carbocycles. The molecule has 1 heterocycles. The van der Waals surface area contributed by atoms with E-state index in [9.17, 15) is 14.4 Å². The molecule has 3 atom stereocenters. The van der Waals surface area contributed by atoms with E-state index in [2.05, 4.69) is 5.32 Å². The third-order valence-electron chi connectivity index (χ3n) is 4.25. The number of amides is 2. The van der Waals surface area contributed by atoms with E-state index in [4.69, 9.17) is 10.5 Å². The molecule has 2 amide bonds. The molecule has 123 valence electrons. The zero-order valence-corrected chi connectivity index (χ0v) is 13.2. The van der Waals surface area contributed by atoms with Crippen LogP contribution < -0.4 is 11.1 Å². The normalized spacial score (nSPS) is 23.3. The van der Waals surface area contributed by atoms with Crippen LogP contribution in [0.2, 0.25) is 0 Å². The van der Waals surface area contributed by atoms with E-state index >= 15 is 0 Å². The summed E-state index contributed by atoms with van der Waals surface area (Å²) in [4.78, 5) is 35.6. The lowest BCUT2D eigenvalue weighted by Gasteiger charge is -2.26. The van der Waals surface area contributed by atoms with Crippen molar-refractivity contribution in [3.05, 3.63) is 42.3 Å². The fourth-order valence-corrected chi connectivity index (χ4v) is 2.53. The number of carbonyl (C=O) groups excluding carboxylic acids is 3. The minimum atomic E-state index is -0.986. The number of ether oxygens (including phenoxy) is 1. The first-order valence-corrected chi connectivity index (χ1v) is 7.48. The number of hydrogen-bond acceptors (Lipinski definition) is 4. The number of rotatable bonds is 6. The average molecular weight is 317 g/mol. The van der Waals surface area contributed by atoms with Gasteiger partial charge in [0.15, 0.2) is 5.78 Å². The van der Waals surface area contributed by atoms with Gasteiger partial charge in [-0.3, -0.25) is 14.4 Å². The molecular weight excluding hydrogens is 296 g/mol. The molecule has 3 N–H and O–H groups in total. The van der Waals surface area contributed by atoms with Gasteiger partial charge >= 0.3 is 0 Å². The average Bonchev–Trinajstić information content (AvgIpc) is 2.85. The summed E-state index contributed by atoms with van der Waals surface area (Å²) in [6.45, 7) is 3.43. The number of ketones is 1. The van der Waals surface area contributed by atoms with Gasteiger partial charge in [-0.25, -0.2) is 0 Å². The van der Waals surface area contributed by atoms with Crippen molar-refractivity contribution < 1.29 is 19.1 Å². The van der Waals surface area contributed by atoms with E-state index < -0.39 is 23.3 Å². The van der Waals surface area contributed by atoms with Crippen molar-refractivity contribution in [1.29, 1.82) is 0 Å². The highest BCUT2D eigenvalue weighted by Crippen LogP contribution is 2.28. The Bertz CT molecular complexity index is 602. The van der Waals surface area contributed by atoms with Gasteiger partial charge in [-0.1, -0.05) is 30.3 Å². The summed E-state index contributed by atoms with van der Waals surface area (Å²) in [6.07, 6.45) is 1.15. The second-order valence-corrected chi connectivity index (χ2v) is 5.94. The Hall–Kier alpha value is -2.21. The van der Waals surface area contributed by atoms with Crippen molar-refractivity contribution in [3.8, 4) is 0 Å². The van der Waals surface area contributed by atoms with E-state index in [1.165, 1.54) is 6.42 Å². The van der Waals surface area contributed by atoms with Gasteiger partial charge in [-0.2, -0.15) is 0 Å². The Labute approximate surface area is 135 Å². The van der Waals surface area contributed by atoms with Crippen LogP contribution in [0.1, 0.15) is 25.8 Å². The van der Waals surface area contributed by atoms with Crippen LogP contribution in [0.15, 0.2) is 30.3 Å². The van der Waals surface area contributed by atoms with Crippen LogP contribution in [-0.4, -0.2) is 36.4 Å². The van der Waals surface area contributed by atoms with Gasteiger partial charge in [0.1, 0.15) is 12.6 Å². The molecular formula is C17H21N2O4. The number of benzene rings is 1. The number of Topliss-reactive ketones (excluding diaryl/α,β-unsaturated/α-hetero) is 1. The van der Waals surface area contributed by atoms with Gasteiger partial charge in [-0.15, -0.1) is 0 Å². The molecule has 6 nitrogen and oxygen atoms in total. The molecule has 23 heavy (non-hydrogen) atoms. The standard InChI is InChI=1S/C17H21N2O4/c1-11-15(13(20)10-23-11)19-14(21)8-9-17(2,16(18)22)12-6-4-3-5-7-12/h3-8,11,15H,9-10H2,1-2H3,(H2,18,22)(H,19,21)/t11-,15-,17-/m0/s1. The van der Waals surface area contributed by atoms with Crippen molar-refractivity contribution in [2.45, 2.75) is 37.8 Å². The van der Waals surface area contributed by atoms with E-state index in [1.54, 1.807) is 26.0 Å². The summed E-state index contributed by atoms with van der Waals surface area (Å²) in [5, 5.41) is 2.62. The minimum Gasteiger partial charge on any atom is -0.369 e. The van der Waals surface area contributed by atoms with Gasteiger partial charge in [0.25, 0.3) is 0 Å². The van der Waals surface area contributed by atoms with Crippen molar-refractivity contribution in [3.63, 3.8) is 0 Å². The smallest absolute Gasteiger partial charge is 0.227 e. The van der Waals surface area contributed by atoms with Crippen LogP contribution in [0.5, 0.6) is 0 Å². The second-order valence-electron chi connectivity index (χ2n) is 5.94. The maximum absolute atomic E-state index is 12.1. The van der Waals surface area contributed by atoms with E-state index in [1.807, 2.05) is 18.2 Å². The maximum Gasteiger partial charge on any atom is 0.227 e. The fraction of sp³-hybridized carbons (Fsp3) is 0.412. The van der Waals surface area contributed by atoms with E-state index in [0.29, 0.717) is 0 Å². The summed E-state index contributed by atoms with van der Waals surface area (Å²) in [6, 6.07) is 8.42. The third-order valence-corrected chi connectivity index (χ3v) is 4.25. The number of carbonyl (C=O) groups is 3. The Balaban J connectivity index is 2.01. The van der Waals surface area contributed by atoms with Crippen molar-refractivity contribution in [1.82, 2.24) is 5.32 Å². The zero-order chi connectivity index (χ0) is 17.0. The third kappa shape index (κ3) is 3.76. The second kappa shape index (κ2) is 6.91. The first-order valence-electron chi connectivity index (χ1n) is 7.48. The molecule has 1 aromatic rings. The van der Waals surface area contributed by atoms with Crippen molar-refractivity contribution in [2.24, 2.45) is 5.73 Å². The Morgan fingerprint density at radius 1 is 1.39 bits per heavy atom. The van der Waals surface area contributed by atoms with Gasteiger partial charge in [0.05, 0.1) is 17.9 Å². The molecule has 0 aromatic heterocycles. The van der Waals surface area contributed by atoms with Crippen LogP contribution in [0.4, 0.5) is 0 Å². The number of nitrogens with one attached hydrogen (secondary N) is 1. The first-order chi connectivity index (χ1) is 10.8. The molecule has 1 aliphatic rings. The lowest BCUT2D eigenvalue weighted by Crippen LogP contribution is -2.45. The topological polar surface area (TPSA) is 98.5 Å². The molecule has 0 unspecified atom stereocenters. The molecule has 0 bridgehead atoms. The number of nitrogens with two attached hydrogens (primary N) is 1. The molecule has 1 aliphatic heterocycles. The molecule has 0 saturated carbocycles. The molecule has 2 rings (SSSR count). The molecule has 0 aliphatic carbocycles. The predicted molar refractivity (Wildman–Crippen MR) is 84.3 cm³/mol. The fourth-order valence-electron chi connectivity index (χ4n) is 2.53. The molecule has 0 spiro atoms. The largest absolute Gasteiger partial charge is 0.369 e. The quantitative estimate of drug-likeness (QED) is 0.798. The number of primary amides is 1. The van der Waals surface area contributed by atoms with Gasteiger partial charge in [0, 0.05) is 0 Å². The highest BCUT2D eigenvalue weighted by Gasteiger charge is 2.36. The highest BCUT2D eigenvalue weighted by atomic mass is 16.5. The minimum absolute atomic E-state index is 0.00906. The first kappa shape index (κ1) is 17.1. The highest BCUT2D eigenvalue weighted by molar-refractivity contribution is 5.95. The molecule has 1 radical (unpaired) electrons. The van der Waals surface area contributed by atoms with Crippen LogP contribution in [0, 0.1) is 6.42 Å². The summed E-state index contributed by atoms with van der Waals surface area (Å²) in [7, 11) is 0. The predicted octanol–water partition coefficient (Wildman–Crippen LogP) is 0.497. The van der Waals surface area contributed by atoms with Crippen molar-refractivity contribution in [2.75, 3.05) is 6.61 Å². The molecule has 1 fully saturated rings. The van der Waals surface area contributed by atoms with E-state index in [-0.39, 0.29) is 24.9 Å². The van der Waals surface area contributed by atoms with Crippen LogP contribution in [0.25, 0.3) is 0 Å². The maximum atomic E-state index is 12.1. The summed E-state index contributed by atoms with van der Waals surface area (Å²) in [5.41, 5.74) is 5.29. The van der Waals surface area contributed by atoms with Crippen LogP contribution in [-0.2, 0) is 24.5 Å². The summed E-state index contributed by atoms with van der Waals surface area (Å²) < 4.78 is 5.18. The monoisotopic (exact) mass is 317 g/mol. The van der Waals surface area contributed by atoms with Gasteiger partial charge < -0.3 is 15.8 Å². The lowest BCUT2D eigenvalue weighted by molar-refractivity contribution is -0.125. The van der Waals surface area contributed by atoms with E-state index in [0.717, 1.165) is 5.56 Å². The van der Waals surface area contributed by atoms with Gasteiger partial charge in [-0.05, 0) is 25.8 Å². The van der Waals surface area contributed by atoms with Crippen LogP contribution >= 0.6 is 0 Å². The summed E-state index contributed by atoms with van der Waals surface area (Å²) in [5.74, 6) is -1.08. The molecule has 1 saturated heterocycles. The lowest BCUT2D eigenvalue weighted by atomic mass is 9.78. The number of hydrogen-bond donors (Lipinski definition) is 2. The summed E-state index contributed by atoms with van der Waals surface area (Å²) >= 11 is 0.